The molecule has 0 bridgehead atoms. The Balaban J connectivity index is 1.64. The number of halogens is 1. The number of carbonyl (C=O) groups is 2. The number of urea groups is 1. The summed E-state index contributed by atoms with van der Waals surface area (Å²) >= 11 is 0. The van der Waals surface area contributed by atoms with Crippen LogP contribution < -0.4 is 16.4 Å². The largest absolute Gasteiger partial charge is 0.366 e. The van der Waals surface area contributed by atoms with Gasteiger partial charge in [-0.1, -0.05) is 36.4 Å². The van der Waals surface area contributed by atoms with Gasteiger partial charge in [0.15, 0.2) is 0 Å². The highest BCUT2D eigenvalue weighted by Crippen LogP contribution is 2.23. The van der Waals surface area contributed by atoms with Crippen LogP contribution in [-0.4, -0.2) is 11.9 Å². The van der Waals surface area contributed by atoms with Crippen molar-refractivity contribution in [3.63, 3.8) is 0 Å². The average Bonchev–Trinajstić information content (AvgIpc) is 2.67. The molecule has 6 heteroatoms. The molecule has 0 atom stereocenters. The summed E-state index contributed by atoms with van der Waals surface area (Å²) in [4.78, 5) is 23.2. The molecule has 0 radical (unpaired) electrons. The molecule has 0 spiro atoms. The van der Waals surface area contributed by atoms with E-state index in [-0.39, 0.29) is 18.4 Å². The van der Waals surface area contributed by atoms with Gasteiger partial charge in [-0.25, -0.2) is 9.18 Å². The summed E-state index contributed by atoms with van der Waals surface area (Å²) in [5, 5.41) is 5.43. The lowest BCUT2D eigenvalue weighted by Gasteiger charge is -2.10. The maximum Gasteiger partial charge on any atom is 0.319 e. The van der Waals surface area contributed by atoms with Gasteiger partial charge in [0, 0.05) is 17.8 Å². The maximum atomic E-state index is 13.2. The fraction of sp³-hybridized carbons (Fsp3) is 0.0476. The second-order valence-electron chi connectivity index (χ2n) is 5.96. The van der Waals surface area contributed by atoms with Gasteiger partial charge >= 0.3 is 6.03 Å². The zero-order valence-electron chi connectivity index (χ0n) is 14.4. The minimum atomic E-state index is -0.480. The Labute approximate surface area is 156 Å². The zero-order chi connectivity index (χ0) is 19.2. The molecule has 0 fully saturated rings. The van der Waals surface area contributed by atoms with Gasteiger partial charge in [0.2, 0.25) is 5.91 Å². The Morgan fingerprint density at radius 1 is 0.889 bits per heavy atom. The van der Waals surface area contributed by atoms with Crippen LogP contribution in [0, 0.1) is 5.82 Å². The normalized spacial score (nSPS) is 10.3. The van der Waals surface area contributed by atoms with E-state index >= 15 is 0 Å². The summed E-state index contributed by atoms with van der Waals surface area (Å²) in [6, 6.07) is 19.9. The van der Waals surface area contributed by atoms with Crippen molar-refractivity contribution < 1.29 is 14.0 Å². The molecule has 3 aromatic carbocycles. The van der Waals surface area contributed by atoms with E-state index in [4.69, 9.17) is 5.73 Å². The van der Waals surface area contributed by atoms with Gasteiger partial charge in [-0.05, 0) is 53.1 Å². The molecule has 136 valence electrons. The van der Waals surface area contributed by atoms with Crippen LogP contribution in [0.4, 0.5) is 14.9 Å². The molecule has 0 aromatic heterocycles. The lowest BCUT2D eigenvalue weighted by molar-refractivity contribution is 0.100. The van der Waals surface area contributed by atoms with Crippen molar-refractivity contribution in [2.75, 3.05) is 5.32 Å². The standard InChI is InChI=1S/C21H18FN3O2/c22-18-5-1-3-14(11-18)13-24-21(27)25-19-6-2-4-17(12-19)15-7-9-16(10-8-15)20(23)26/h1-12H,13H2,(H2,23,26)(H2,24,25,27). The van der Waals surface area contributed by atoms with E-state index in [1.165, 1.54) is 12.1 Å². The van der Waals surface area contributed by atoms with Gasteiger partial charge in [-0.15, -0.1) is 0 Å². The van der Waals surface area contributed by atoms with Crippen LogP contribution in [0.15, 0.2) is 72.8 Å². The number of nitrogens with two attached hydrogens (primary N) is 1. The predicted octanol–water partition coefficient (Wildman–Crippen LogP) is 3.91. The Bertz CT molecular complexity index is 971. The topological polar surface area (TPSA) is 84.2 Å². The fourth-order valence-electron chi connectivity index (χ4n) is 2.61. The minimum absolute atomic E-state index is 0.220. The number of amides is 3. The first-order chi connectivity index (χ1) is 13.0. The van der Waals surface area contributed by atoms with Crippen LogP contribution in [0.5, 0.6) is 0 Å². The number of rotatable bonds is 5. The second kappa shape index (κ2) is 8.14. The third-order valence-corrected chi connectivity index (χ3v) is 3.97. The van der Waals surface area contributed by atoms with E-state index in [0.717, 1.165) is 11.1 Å². The van der Waals surface area contributed by atoms with Crippen molar-refractivity contribution in [2.24, 2.45) is 5.73 Å². The first kappa shape index (κ1) is 18.1. The molecule has 3 amide bonds. The fourth-order valence-corrected chi connectivity index (χ4v) is 2.61. The van der Waals surface area contributed by atoms with Gasteiger partial charge < -0.3 is 16.4 Å². The van der Waals surface area contributed by atoms with Crippen LogP contribution in [0.1, 0.15) is 15.9 Å². The molecular weight excluding hydrogens is 345 g/mol. The Morgan fingerprint density at radius 3 is 2.33 bits per heavy atom. The molecule has 3 rings (SSSR count). The number of hydrogen-bond acceptors (Lipinski definition) is 2. The number of carbonyl (C=O) groups excluding carboxylic acids is 2. The summed E-state index contributed by atoms with van der Waals surface area (Å²) in [7, 11) is 0. The monoisotopic (exact) mass is 363 g/mol. The number of anilines is 1. The van der Waals surface area contributed by atoms with Crippen molar-refractivity contribution in [3.8, 4) is 11.1 Å². The van der Waals surface area contributed by atoms with Crippen molar-refractivity contribution >= 4 is 17.6 Å². The Hall–Kier alpha value is -3.67. The highest BCUT2D eigenvalue weighted by molar-refractivity contribution is 5.93. The minimum Gasteiger partial charge on any atom is -0.366 e. The maximum absolute atomic E-state index is 13.2. The number of nitrogens with one attached hydrogen (secondary N) is 2. The molecule has 0 heterocycles. The van der Waals surface area contributed by atoms with Crippen LogP contribution in [0.25, 0.3) is 11.1 Å². The third-order valence-electron chi connectivity index (χ3n) is 3.97. The number of benzene rings is 3. The lowest BCUT2D eigenvalue weighted by atomic mass is 10.0. The van der Waals surface area contributed by atoms with Crippen LogP contribution >= 0.6 is 0 Å². The van der Waals surface area contributed by atoms with Gasteiger partial charge in [0.25, 0.3) is 0 Å². The summed E-state index contributed by atoms with van der Waals surface area (Å²) in [5.74, 6) is -0.823. The lowest BCUT2D eigenvalue weighted by Crippen LogP contribution is -2.28. The molecule has 0 aliphatic carbocycles. The predicted molar refractivity (Wildman–Crippen MR) is 103 cm³/mol. The van der Waals surface area contributed by atoms with E-state index < -0.39 is 5.91 Å². The SMILES string of the molecule is NC(=O)c1ccc(-c2cccc(NC(=O)NCc3cccc(F)c3)c2)cc1. The van der Waals surface area contributed by atoms with E-state index in [1.54, 1.807) is 42.5 Å². The van der Waals surface area contributed by atoms with E-state index in [2.05, 4.69) is 10.6 Å². The van der Waals surface area contributed by atoms with Crippen LogP contribution in [0.3, 0.4) is 0 Å². The molecule has 0 aliphatic rings. The average molecular weight is 363 g/mol. The van der Waals surface area contributed by atoms with Crippen LogP contribution in [-0.2, 0) is 6.54 Å². The summed E-state index contributed by atoms with van der Waals surface area (Å²) in [6.07, 6.45) is 0. The molecule has 0 saturated carbocycles. The first-order valence-electron chi connectivity index (χ1n) is 8.31. The Kier molecular flexibility index (Phi) is 5.47. The summed E-state index contributed by atoms with van der Waals surface area (Å²) < 4.78 is 13.2. The van der Waals surface area contributed by atoms with Crippen molar-refractivity contribution in [3.05, 3.63) is 89.7 Å². The first-order valence-corrected chi connectivity index (χ1v) is 8.31. The van der Waals surface area contributed by atoms with Gasteiger partial charge in [-0.2, -0.15) is 0 Å². The quantitative estimate of drug-likeness (QED) is 0.642. The number of primary amides is 1. The van der Waals surface area contributed by atoms with Crippen LogP contribution in [0.2, 0.25) is 0 Å². The summed E-state index contributed by atoms with van der Waals surface area (Å²) in [5.41, 5.74) is 8.75. The smallest absolute Gasteiger partial charge is 0.319 e. The molecule has 0 unspecified atom stereocenters. The molecular formula is C21H18FN3O2. The molecule has 5 nitrogen and oxygen atoms in total. The van der Waals surface area contributed by atoms with E-state index in [9.17, 15) is 14.0 Å². The van der Waals surface area contributed by atoms with Gasteiger partial charge in [0.05, 0.1) is 0 Å². The molecule has 27 heavy (non-hydrogen) atoms. The zero-order valence-corrected chi connectivity index (χ0v) is 14.4. The van der Waals surface area contributed by atoms with E-state index in [0.29, 0.717) is 16.8 Å². The van der Waals surface area contributed by atoms with Gasteiger partial charge in [0.1, 0.15) is 5.82 Å². The summed E-state index contributed by atoms with van der Waals surface area (Å²) in [6.45, 7) is 0.220. The van der Waals surface area contributed by atoms with Crippen molar-refractivity contribution in [1.82, 2.24) is 5.32 Å². The molecule has 0 saturated heterocycles. The highest BCUT2D eigenvalue weighted by atomic mass is 19.1. The van der Waals surface area contributed by atoms with E-state index in [1.807, 2.05) is 18.2 Å². The molecule has 4 N–H and O–H groups in total. The number of hydrogen-bond donors (Lipinski definition) is 3. The third kappa shape index (κ3) is 4.92. The Morgan fingerprint density at radius 2 is 1.63 bits per heavy atom. The van der Waals surface area contributed by atoms with Crippen molar-refractivity contribution in [2.45, 2.75) is 6.54 Å². The molecule has 3 aromatic rings. The highest BCUT2D eigenvalue weighted by Gasteiger charge is 2.05. The molecule has 0 aliphatic heterocycles. The second-order valence-corrected chi connectivity index (χ2v) is 5.96. The van der Waals surface area contributed by atoms with Crippen molar-refractivity contribution in [1.29, 1.82) is 0 Å². The van der Waals surface area contributed by atoms with Gasteiger partial charge in [-0.3, -0.25) is 4.79 Å².